The van der Waals surface area contributed by atoms with Crippen LogP contribution in [0.5, 0.6) is 11.5 Å². The van der Waals surface area contributed by atoms with Crippen molar-refractivity contribution >= 4 is 46.0 Å². The lowest BCUT2D eigenvalue weighted by Crippen LogP contribution is -2.48. The molecule has 0 heterocycles. The van der Waals surface area contributed by atoms with Gasteiger partial charge in [-0.3, -0.25) is 9.59 Å². The number of carbonyl (C=O) groups excluding carboxylic acids is 2. The van der Waals surface area contributed by atoms with E-state index in [1.165, 1.54) is 6.08 Å². The summed E-state index contributed by atoms with van der Waals surface area (Å²) in [7, 11) is -2.33. The molecule has 0 fully saturated rings. The molecule has 0 aliphatic heterocycles. The fraction of sp³-hybridized carbons (Fsp3) is 0.571. The summed E-state index contributed by atoms with van der Waals surface area (Å²) < 4.78 is 18.8. The third-order valence-corrected chi connectivity index (χ3v) is 18.8. The second kappa shape index (κ2) is 19.4. The number of nitrogens with one attached hydrogen (secondary N) is 1. The Morgan fingerprint density at radius 3 is 1.96 bits per heavy atom. The van der Waals surface area contributed by atoms with Gasteiger partial charge in [-0.25, -0.2) is 0 Å². The zero-order chi connectivity index (χ0) is 39.4. The predicted molar refractivity (Wildman–Crippen MR) is 224 cm³/mol. The van der Waals surface area contributed by atoms with Crippen molar-refractivity contribution in [2.45, 2.75) is 144 Å². The number of allylic oxidation sites excluding steroid dienone is 6. The summed E-state index contributed by atoms with van der Waals surface area (Å²) in [5.41, 5.74) is 1.53. The Bertz CT molecular complexity index is 1460. The van der Waals surface area contributed by atoms with Crippen LogP contribution in [0.25, 0.3) is 6.08 Å². The lowest BCUT2D eigenvalue weighted by atomic mass is 9.83. The molecule has 0 aromatic heterocycles. The van der Waals surface area contributed by atoms with Crippen LogP contribution in [0.2, 0.25) is 36.3 Å². The standard InChI is InChI=1S/C42H68ClNO5Si2/c1-31(29-33-26-28-36(37(30-33)47-12)49-51(15,16)42(9,10)11)21-17-20-24-38(46)44-39(40(3,4)5)35(45)23-19-18-22-34(27-25-32(2)43)48-50(13,14)41(6,7)8/h17-21,24-26,28-30,34,39H,22-23,27H2,1-16H3,(H,44,46)/b19-18-,21-17-,24-20-,31-29+,32-25+/t34-,39-/m1/s1. The molecule has 1 rings (SSSR count). The zero-order valence-corrected chi connectivity index (χ0v) is 37.3. The van der Waals surface area contributed by atoms with Gasteiger partial charge in [-0.15, -0.1) is 0 Å². The van der Waals surface area contributed by atoms with Gasteiger partial charge in [0.15, 0.2) is 19.9 Å². The molecule has 0 saturated carbocycles. The van der Waals surface area contributed by atoms with Gasteiger partial charge in [0, 0.05) is 17.5 Å². The minimum absolute atomic E-state index is 0.0175. The summed E-state index contributed by atoms with van der Waals surface area (Å²) in [4.78, 5) is 26.2. The highest BCUT2D eigenvalue weighted by Crippen LogP contribution is 2.41. The number of hydrogen-bond acceptors (Lipinski definition) is 5. The van der Waals surface area contributed by atoms with Gasteiger partial charge in [0.25, 0.3) is 8.32 Å². The first-order valence-corrected chi connectivity index (χ1v) is 24.3. The molecule has 0 saturated heterocycles. The maximum absolute atomic E-state index is 13.3. The molecule has 0 bridgehead atoms. The Hall–Kier alpha value is -2.66. The van der Waals surface area contributed by atoms with Crippen LogP contribution in [0, 0.1) is 5.41 Å². The first-order chi connectivity index (χ1) is 23.2. The maximum Gasteiger partial charge on any atom is 0.250 e. The van der Waals surface area contributed by atoms with Gasteiger partial charge in [-0.2, -0.15) is 0 Å². The summed E-state index contributed by atoms with van der Waals surface area (Å²) >= 11 is 6.13. The molecule has 2 atom stereocenters. The molecule has 0 unspecified atom stereocenters. The molecule has 1 aromatic carbocycles. The normalized spacial score (nSPS) is 15.5. The van der Waals surface area contributed by atoms with E-state index in [0.717, 1.165) is 21.9 Å². The minimum Gasteiger partial charge on any atom is -0.541 e. The summed E-state index contributed by atoms with van der Waals surface area (Å²) in [6.07, 6.45) is 16.4. The van der Waals surface area contributed by atoms with E-state index in [-0.39, 0.29) is 34.3 Å². The van der Waals surface area contributed by atoms with Crippen LogP contribution < -0.4 is 14.5 Å². The molecular weight excluding hydrogens is 690 g/mol. The second-order valence-corrected chi connectivity index (χ2v) is 27.7. The van der Waals surface area contributed by atoms with E-state index in [2.05, 4.69) is 73.0 Å². The van der Waals surface area contributed by atoms with Gasteiger partial charge in [-0.05, 0) is 86.1 Å². The lowest BCUT2D eigenvalue weighted by Gasteiger charge is -2.39. The number of rotatable bonds is 17. The van der Waals surface area contributed by atoms with Crippen molar-refractivity contribution in [1.29, 1.82) is 0 Å². The monoisotopic (exact) mass is 757 g/mol. The average Bonchev–Trinajstić information content (AvgIpc) is 2.97. The van der Waals surface area contributed by atoms with Crippen LogP contribution in [0.3, 0.4) is 0 Å². The van der Waals surface area contributed by atoms with Crippen LogP contribution in [0.1, 0.15) is 101 Å². The molecule has 1 N–H and O–H groups in total. The van der Waals surface area contributed by atoms with Crippen LogP contribution >= 0.6 is 11.6 Å². The molecule has 0 spiro atoms. The zero-order valence-electron chi connectivity index (χ0n) is 34.5. The Morgan fingerprint density at radius 2 is 1.43 bits per heavy atom. The number of benzene rings is 1. The molecule has 286 valence electrons. The number of carbonyl (C=O) groups is 2. The van der Waals surface area contributed by atoms with Gasteiger partial charge in [0.2, 0.25) is 5.91 Å². The number of ketones is 1. The smallest absolute Gasteiger partial charge is 0.250 e. The summed E-state index contributed by atoms with van der Waals surface area (Å²) in [6.45, 7) is 32.0. The average molecular weight is 759 g/mol. The van der Waals surface area contributed by atoms with Crippen molar-refractivity contribution in [3.63, 3.8) is 0 Å². The highest BCUT2D eigenvalue weighted by atomic mass is 35.5. The molecule has 9 heteroatoms. The summed E-state index contributed by atoms with van der Waals surface area (Å²) in [5, 5.41) is 3.85. The van der Waals surface area contributed by atoms with Gasteiger partial charge in [0.1, 0.15) is 5.75 Å². The predicted octanol–water partition coefficient (Wildman–Crippen LogP) is 12.0. The van der Waals surface area contributed by atoms with E-state index in [9.17, 15) is 9.59 Å². The molecule has 0 aliphatic rings. The molecule has 0 radical (unpaired) electrons. The highest BCUT2D eigenvalue weighted by molar-refractivity contribution is 6.75. The van der Waals surface area contributed by atoms with Crippen molar-refractivity contribution in [1.82, 2.24) is 5.32 Å². The quantitative estimate of drug-likeness (QED) is 0.0741. The van der Waals surface area contributed by atoms with E-state index in [4.69, 9.17) is 25.2 Å². The molecular formula is C42H68ClNO5Si2. The Labute approximate surface area is 318 Å². The minimum atomic E-state index is -2.01. The van der Waals surface area contributed by atoms with E-state index in [1.807, 2.05) is 89.3 Å². The number of Topliss-reactive ketones (excluding diaryl/α,β-unsaturated/α-hetero) is 1. The topological polar surface area (TPSA) is 73.9 Å². The van der Waals surface area contributed by atoms with Gasteiger partial charge < -0.3 is 18.9 Å². The molecule has 0 aliphatic carbocycles. The molecule has 1 aromatic rings. The molecule has 51 heavy (non-hydrogen) atoms. The van der Waals surface area contributed by atoms with Gasteiger partial charge in [-0.1, -0.05) is 128 Å². The fourth-order valence-corrected chi connectivity index (χ4v) is 7.06. The van der Waals surface area contributed by atoms with E-state index in [1.54, 1.807) is 13.2 Å². The third-order valence-electron chi connectivity index (χ3n) is 9.76. The van der Waals surface area contributed by atoms with Crippen LogP contribution in [-0.4, -0.2) is 47.6 Å². The number of halogens is 1. The van der Waals surface area contributed by atoms with Crippen molar-refractivity contribution in [3.8, 4) is 11.5 Å². The fourth-order valence-electron chi connectivity index (χ4n) is 4.56. The van der Waals surface area contributed by atoms with E-state index in [0.29, 0.717) is 18.6 Å². The van der Waals surface area contributed by atoms with E-state index < -0.39 is 28.1 Å². The van der Waals surface area contributed by atoms with E-state index >= 15 is 0 Å². The number of ether oxygens (including phenoxy) is 1. The maximum atomic E-state index is 13.3. The molecule has 6 nitrogen and oxygen atoms in total. The van der Waals surface area contributed by atoms with Crippen molar-refractivity contribution in [2.24, 2.45) is 5.41 Å². The van der Waals surface area contributed by atoms with Crippen LogP contribution in [-0.2, 0) is 14.0 Å². The Morgan fingerprint density at radius 1 is 0.843 bits per heavy atom. The first-order valence-electron chi connectivity index (χ1n) is 18.1. The lowest BCUT2D eigenvalue weighted by molar-refractivity contribution is -0.127. The van der Waals surface area contributed by atoms with Crippen LogP contribution in [0.15, 0.2) is 71.3 Å². The first kappa shape index (κ1) is 46.4. The third kappa shape index (κ3) is 16.3. The Balaban J connectivity index is 2.91. The Kier molecular flexibility index (Phi) is 17.7. The van der Waals surface area contributed by atoms with Crippen LogP contribution in [0.4, 0.5) is 0 Å². The largest absolute Gasteiger partial charge is 0.541 e. The highest BCUT2D eigenvalue weighted by Gasteiger charge is 2.40. The van der Waals surface area contributed by atoms with Crippen molar-refractivity contribution in [2.75, 3.05) is 7.11 Å². The molecule has 1 amide bonds. The number of hydrogen-bond donors (Lipinski definition) is 1. The summed E-state index contributed by atoms with van der Waals surface area (Å²) in [5.74, 6) is 1.11. The van der Waals surface area contributed by atoms with Crippen molar-refractivity contribution in [3.05, 3.63) is 76.9 Å². The van der Waals surface area contributed by atoms with Crippen molar-refractivity contribution < 1.29 is 23.2 Å². The van der Waals surface area contributed by atoms with Gasteiger partial charge >= 0.3 is 0 Å². The summed E-state index contributed by atoms with van der Waals surface area (Å²) in [6, 6.07) is 5.33. The SMILES string of the molecule is COc1cc(/C=C(C)/C=C\C=C/C(=O)N[C@H](C(=O)C/C=C\C[C@H](C/C=C(\C)Cl)O[Si](C)(C)C(C)(C)C)C(C)(C)C)ccc1O[Si](C)(C)C(C)(C)C. The second-order valence-electron chi connectivity index (χ2n) is 17.6. The number of amides is 1. The number of methoxy groups -OCH3 is 1. The van der Waals surface area contributed by atoms with Gasteiger partial charge in [0.05, 0.1) is 19.3 Å².